The largest absolute Gasteiger partial charge is 0.352 e. The van der Waals surface area contributed by atoms with E-state index in [0.29, 0.717) is 12.1 Å². The van der Waals surface area contributed by atoms with Crippen LogP contribution in [0.4, 0.5) is 5.69 Å². The summed E-state index contributed by atoms with van der Waals surface area (Å²) < 4.78 is 27.2. The second-order valence-electron chi connectivity index (χ2n) is 8.34. The minimum Gasteiger partial charge on any atom is -0.352 e. The molecule has 0 aliphatic rings. The van der Waals surface area contributed by atoms with E-state index in [-0.39, 0.29) is 18.5 Å². The van der Waals surface area contributed by atoms with E-state index in [2.05, 4.69) is 27.9 Å². The van der Waals surface area contributed by atoms with Gasteiger partial charge in [-0.1, -0.05) is 36.8 Å². The highest BCUT2D eigenvalue weighted by Crippen LogP contribution is 2.21. The Balaban J connectivity index is 2.43. The van der Waals surface area contributed by atoms with E-state index in [4.69, 9.17) is 0 Å². The molecule has 180 valence electrons. The third kappa shape index (κ3) is 7.99. The summed E-state index contributed by atoms with van der Waals surface area (Å²) in [7, 11) is -3.73. The normalized spacial score (nSPS) is 12.3. The lowest BCUT2D eigenvalue weighted by Gasteiger charge is -2.33. The van der Waals surface area contributed by atoms with Crippen LogP contribution in [0.5, 0.6) is 0 Å². The predicted octanol–water partition coefficient (Wildman–Crippen LogP) is 3.70. The van der Waals surface area contributed by atoms with Crippen LogP contribution in [0.25, 0.3) is 0 Å². The minimum absolute atomic E-state index is 0.0817. The first-order valence-electron chi connectivity index (χ1n) is 10.8. The molecule has 0 heterocycles. The Labute approximate surface area is 210 Å². The van der Waals surface area contributed by atoms with E-state index in [1.54, 1.807) is 24.3 Å². The first-order valence-corrected chi connectivity index (χ1v) is 13.7. The molecule has 0 radical (unpaired) electrons. The Bertz CT molecular complexity index is 1070. The van der Waals surface area contributed by atoms with Gasteiger partial charge in [-0.3, -0.25) is 13.9 Å². The number of halogens is 1. The molecule has 0 saturated carbocycles. The summed E-state index contributed by atoms with van der Waals surface area (Å²) in [6.45, 7) is 7.33. The molecule has 0 unspecified atom stereocenters. The fourth-order valence-corrected chi connectivity index (χ4v) is 4.74. The Morgan fingerprint density at radius 1 is 1.09 bits per heavy atom. The fourth-order valence-electron chi connectivity index (χ4n) is 3.53. The molecule has 0 aliphatic carbocycles. The zero-order chi connectivity index (χ0) is 24.8. The third-order valence-electron chi connectivity index (χ3n) is 5.05. The average Bonchev–Trinajstić information content (AvgIpc) is 2.71. The SMILES string of the molecule is CC[C@H](C(=O)NC(C)C)N(Cc1cccc(C)c1)C(=O)CN(c1ccc(I)cc1)S(C)(=O)=O. The zero-order valence-electron chi connectivity index (χ0n) is 19.7. The molecule has 33 heavy (non-hydrogen) atoms. The van der Waals surface area contributed by atoms with Crippen molar-refractivity contribution in [2.75, 3.05) is 17.1 Å². The van der Waals surface area contributed by atoms with Crippen molar-refractivity contribution in [1.29, 1.82) is 0 Å². The molecule has 2 aromatic carbocycles. The molecule has 1 atom stereocenters. The molecule has 7 nitrogen and oxygen atoms in total. The highest BCUT2D eigenvalue weighted by atomic mass is 127. The van der Waals surface area contributed by atoms with Gasteiger partial charge in [-0.2, -0.15) is 0 Å². The maximum Gasteiger partial charge on any atom is 0.244 e. The number of hydrogen-bond donors (Lipinski definition) is 1. The van der Waals surface area contributed by atoms with Gasteiger partial charge in [-0.25, -0.2) is 8.42 Å². The topological polar surface area (TPSA) is 86.8 Å². The maximum atomic E-state index is 13.6. The van der Waals surface area contributed by atoms with E-state index < -0.39 is 28.5 Å². The zero-order valence-corrected chi connectivity index (χ0v) is 22.7. The van der Waals surface area contributed by atoms with Crippen molar-refractivity contribution in [3.8, 4) is 0 Å². The fraction of sp³-hybridized carbons (Fsp3) is 0.417. The number of nitrogens with zero attached hydrogens (tertiary/aromatic N) is 2. The van der Waals surface area contributed by atoms with E-state index in [0.717, 1.165) is 25.3 Å². The van der Waals surface area contributed by atoms with Gasteiger partial charge in [0, 0.05) is 16.2 Å². The van der Waals surface area contributed by atoms with Gasteiger partial charge in [0.05, 0.1) is 11.9 Å². The van der Waals surface area contributed by atoms with E-state index in [1.165, 1.54) is 4.90 Å². The molecule has 2 rings (SSSR count). The third-order valence-corrected chi connectivity index (χ3v) is 6.91. The highest BCUT2D eigenvalue weighted by molar-refractivity contribution is 14.1. The number of nitrogens with one attached hydrogen (secondary N) is 1. The second kappa shape index (κ2) is 11.8. The average molecular weight is 586 g/mol. The molecule has 0 aromatic heterocycles. The summed E-state index contributed by atoms with van der Waals surface area (Å²) in [5.74, 6) is -0.695. The van der Waals surface area contributed by atoms with Crippen molar-refractivity contribution < 1.29 is 18.0 Å². The maximum absolute atomic E-state index is 13.6. The second-order valence-corrected chi connectivity index (χ2v) is 11.5. The van der Waals surface area contributed by atoms with Crippen molar-refractivity contribution in [2.24, 2.45) is 0 Å². The van der Waals surface area contributed by atoms with Gasteiger partial charge in [0.1, 0.15) is 12.6 Å². The van der Waals surface area contributed by atoms with Gasteiger partial charge in [0.25, 0.3) is 0 Å². The van der Waals surface area contributed by atoms with Crippen LogP contribution in [0.15, 0.2) is 48.5 Å². The first-order chi connectivity index (χ1) is 15.4. The van der Waals surface area contributed by atoms with Crippen LogP contribution in [0.3, 0.4) is 0 Å². The van der Waals surface area contributed by atoms with E-state index in [9.17, 15) is 18.0 Å². The van der Waals surface area contributed by atoms with Gasteiger partial charge in [0.15, 0.2) is 0 Å². The molecule has 1 N–H and O–H groups in total. The van der Waals surface area contributed by atoms with Gasteiger partial charge < -0.3 is 10.2 Å². The summed E-state index contributed by atoms with van der Waals surface area (Å²) in [6.07, 6.45) is 1.48. The molecule has 0 spiro atoms. The smallest absolute Gasteiger partial charge is 0.244 e. The monoisotopic (exact) mass is 585 g/mol. The lowest BCUT2D eigenvalue weighted by Crippen LogP contribution is -2.53. The molecule has 0 bridgehead atoms. The quantitative estimate of drug-likeness (QED) is 0.431. The Hall–Kier alpha value is -2.14. The van der Waals surface area contributed by atoms with Gasteiger partial charge in [0.2, 0.25) is 21.8 Å². The van der Waals surface area contributed by atoms with Gasteiger partial charge in [-0.05, 0) is 79.6 Å². The number of amides is 2. The molecule has 0 aliphatic heterocycles. The van der Waals surface area contributed by atoms with Crippen LogP contribution in [-0.4, -0.2) is 50.0 Å². The van der Waals surface area contributed by atoms with Crippen LogP contribution in [0.1, 0.15) is 38.3 Å². The standard InChI is InChI=1S/C24H32IN3O4S/c1-6-22(24(30)26-17(2)3)27(15-19-9-7-8-18(4)14-19)23(29)16-28(33(5,31)32)21-12-10-20(25)11-13-21/h7-14,17,22H,6,15-16H2,1-5H3,(H,26,30)/t22-/m1/s1. The number of anilines is 1. The summed E-state index contributed by atoms with van der Waals surface area (Å²) in [4.78, 5) is 28.0. The van der Waals surface area contributed by atoms with Crippen molar-refractivity contribution in [3.05, 3.63) is 63.2 Å². The lowest BCUT2D eigenvalue weighted by atomic mass is 10.1. The van der Waals surface area contributed by atoms with Gasteiger partial charge in [-0.15, -0.1) is 0 Å². The van der Waals surface area contributed by atoms with Gasteiger partial charge >= 0.3 is 0 Å². The number of sulfonamides is 1. The van der Waals surface area contributed by atoms with Crippen LogP contribution in [0, 0.1) is 10.5 Å². The van der Waals surface area contributed by atoms with E-state index >= 15 is 0 Å². The molecule has 0 fully saturated rings. The summed E-state index contributed by atoms with van der Waals surface area (Å²) >= 11 is 2.13. The molecule has 9 heteroatoms. The van der Waals surface area contributed by atoms with Crippen molar-refractivity contribution >= 4 is 50.1 Å². The number of aryl methyl sites for hydroxylation is 1. The number of benzene rings is 2. The van der Waals surface area contributed by atoms with Crippen LogP contribution < -0.4 is 9.62 Å². The molecule has 0 saturated heterocycles. The van der Waals surface area contributed by atoms with Crippen LogP contribution in [-0.2, 0) is 26.2 Å². The molecule has 2 amide bonds. The number of carbonyl (C=O) groups excluding carboxylic acids is 2. The Kier molecular flexibility index (Phi) is 9.71. The van der Waals surface area contributed by atoms with Crippen LogP contribution in [0.2, 0.25) is 0 Å². The highest BCUT2D eigenvalue weighted by Gasteiger charge is 2.31. The first kappa shape index (κ1) is 27.1. The van der Waals surface area contributed by atoms with Crippen molar-refractivity contribution in [3.63, 3.8) is 0 Å². The van der Waals surface area contributed by atoms with Crippen molar-refractivity contribution in [2.45, 2.75) is 52.7 Å². The molecular formula is C24H32IN3O4S. The molecular weight excluding hydrogens is 553 g/mol. The number of rotatable bonds is 10. The predicted molar refractivity (Wildman–Crippen MR) is 140 cm³/mol. The Morgan fingerprint density at radius 2 is 1.73 bits per heavy atom. The summed E-state index contributed by atoms with van der Waals surface area (Å²) in [5, 5.41) is 2.88. The molecule has 2 aromatic rings. The van der Waals surface area contributed by atoms with Crippen LogP contribution >= 0.6 is 22.6 Å². The Morgan fingerprint density at radius 3 is 2.24 bits per heavy atom. The number of hydrogen-bond acceptors (Lipinski definition) is 4. The lowest BCUT2D eigenvalue weighted by molar-refractivity contribution is -0.140. The van der Waals surface area contributed by atoms with E-state index in [1.807, 2.05) is 52.0 Å². The summed E-state index contributed by atoms with van der Waals surface area (Å²) in [5.41, 5.74) is 2.32. The van der Waals surface area contributed by atoms with Crippen molar-refractivity contribution in [1.82, 2.24) is 10.2 Å². The minimum atomic E-state index is -3.73. The summed E-state index contributed by atoms with van der Waals surface area (Å²) in [6, 6.07) is 13.8. The number of carbonyl (C=O) groups is 2.